The van der Waals surface area contributed by atoms with Gasteiger partial charge in [-0.1, -0.05) is 11.6 Å². The second kappa shape index (κ2) is 8.83. The number of nitrogens with zero attached hydrogens (tertiary/aromatic N) is 1. The van der Waals surface area contributed by atoms with Gasteiger partial charge < -0.3 is 15.4 Å². The minimum Gasteiger partial charge on any atom is -0.383 e. The van der Waals surface area contributed by atoms with E-state index in [0.717, 1.165) is 38.1 Å². The summed E-state index contributed by atoms with van der Waals surface area (Å²) in [4.78, 5) is 16.4. The zero-order valence-corrected chi connectivity index (χ0v) is 14.2. The van der Waals surface area contributed by atoms with Crippen molar-refractivity contribution in [2.45, 2.75) is 51.0 Å². The third-order valence-electron chi connectivity index (χ3n) is 4.67. The Hall–Kier alpha value is -1.88. The molecule has 1 unspecified atom stereocenters. The number of allylic oxidation sites excluding steroid dienone is 1. The van der Waals surface area contributed by atoms with Crippen LogP contribution in [0.5, 0.6) is 0 Å². The van der Waals surface area contributed by atoms with Gasteiger partial charge in [0.05, 0.1) is 17.4 Å². The number of amides is 1. The average Bonchev–Trinajstić information content (AvgIpc) is 3.14. The molecule has 1 fully saturated rings. The highest BCUT2D eigenvalue weighted by molar-refractivity contribution is 5.94. The Morgan fingerprint density at radius 2 is 2.25 bits per heavy atom. The third kappa shape index (κ3) is 5.06. The van der Waals surface area contributed by atoms with E-state index in [4.69, 9.17) is 4.74 Å². The predicted molar refractivity (Wildman–Crippen MR) is 95.2 cm³/mol. The molecule has 1 aromatic rings. The molecular formula is C19H27N3O2. The number of nitrogens with one attached hydrogen (secondary N) is 2. The first-order valence-corrected chi connectivity index (χ1v) is 9.08. The SMILES string of the molecule is O=C(NCC1CCCO1)c1cncc(NCCC2=CCCCC2)c1. The highest BCUT2D eigenvalue weighted by atomic mass is 16.5. The molecule has 0 saturated carbocycles. The molecule has 1 aromatic heterocycles. The van der Waals surface area contributed by atoms with Crippen molar-refractivity contribution < 1.29 is 9.53 Å². The maximum atomic E-state index is 12.2. The maximum Gasteiger partial charge on any atom is 0.253 e. The molecule has 24 heavy (non-hydrogen) atoms. The molecule has 1 amide bonds. The molecule has 2 aliphatic rings. The minimum absolute atomic E-state index is 0.0864. The van der Waals surface area contributed by atoms with Gasteiger partial charge >= 0.3 is 0 Å². The molecule has 1 saturated heterocycles. The lowest BCUT2D eigenvalue weighted by atomic mass is 9.97. The van der Waals surface area contributed by atoms with Crippen molar-refractivity contribution in [3.63, 3.8) is 0 Å². The van der Waals surface area contributed by atoms with Crippen molar-refractivity contribution in [2.24, 2.45) is 0 Å². The number of rotatable bonds is 7. The monoisotopic (exact) mass is 329 g/mol. The summed E-state index contributed by atoms with van der Waals surface area (Å²) < 4.78 is 5.53. The molecule has 5 nitrogen and oxygen atoms in total. The molecule has 130 valence electrons. The van der Waals surface area contributed by atoms with Crippen LogP contribution in [0, 0.1) is 0 Å². The number of carbonyl (C=O) groups is 1. The summed E-state index contributed by atoms with van der Waals surface area (Å²) in [5.74, 6) is -0.0864. The van der Waals surface area contributed by atoms with Crippen LogP contribution >= 0.6 is 0 Å². The van der Waals surface area contributed by atoms with E-state index in [9.17, 15) is 4.79 Å². The standard InChI is InChI=1S/C19H27N3O2/c23-19(22-14-18-7-4-10-24-18)16-11-17(13-20-12-16)21-9-8-15-5-2-1-3-6-15/h5,11-13,18,21H,1-4,6-10,14H2,(H,22,23). The molecule has 0 bridgehead atoms. The number of ether oxygens (including phenoxy) is 1. The van der Waals surface area contributed by atoms with Gasteiger partial charge in [0.1, 0.15) is 0 Å². The first-order valence-electron chi connectivity index (χ1n) is 9.08. The van der Waals surface area contributed by atoms with Gasteiger partial charge in [0, 0.05) is 32.1 Å². The second-order valence-corrected chi connectivity index (χ2v) is 6.59. The van der Waals surface area contributed by atoms with Crippen LogP contribution < -0.4 is 10.6 Å². The Balaban J connectivity index is 1.45. The van der Waals surface area contributed by atoms with Crippen molar-refractivity contribution in [1.29, 1.82) is 0 Å². The molecule has 5 heteroatoms. The first-order chi connectivity index (χ1) is 11.8. The zero-order chi connectivity index (χ0) is 16.6. The van der Waals surface area contributed by atoms with Crippen molar-refractivity contribution in [3.05, 3.63) is 35.7 Å². The fourth-order valence-corrected chi connectivity index (χ4v) is 3.27. The Morgan fingerprint density at radius 3 is 3.04 bits per heavy atom. The number of carbonyl (C=O) groups excluding carboxylic acids is 1. The van der Waals surface area contributed by atoms with E-state index < -0.39 is 0 Å². The molecule has 3 rings (SSSR count). The van der Waals surface area contributed by atoms with Gasteiger partial charge in [0.15, 0.2) is 0 Å². The van der Waals surface area contributed by atoms with Gasteiger partial charge in [-0.05, 0) is 51.0 Å². The summed E-state index contributed by atoms with van der Waals surface area (Å²) in [7, 11) is 0. The lowest BCUT2D eigenvalue weighted by Gasteiger charge is -2.14. The average molecular weight is 329 g/mol. The van der Waals surface area contributed by atoms with Crippen LogP contribution in [0.15, 0.2) is 30.1 Å². The van der Waals surface area contributed by atoms with Gasteiger partial charge in [-0.2, -0.15) is 0 Å². The summed E-state index contributed by atoms with van der Waals surface area (Å²) in [5, 5.41) is 6.31. The predicted octanol–water partition coefficient (Wildman–Crippen LogP) is 3.29. The van der Waals surface area contributed by atoms with Crippen LogP contribution in [0.25, 0.3) is 0 Å². The molecule has 1 aliphatic carbocycles. The molecule has 2 N–H and O–H groups in total. The van der Waals surface area contributed by atoms with Crippen LogP contribution in [0.2, 0.25) is 0 Å². The van der Waals surface area contributed by atoms with Crippen LogP contribution in [-0.4, -0.2) is 36.7 Å². The maximum absolute atomic E-state index is 12.2. The van der Waals surface area contributed by atoms with Crippen LogP contribution in [0.3, 0.4) is 0 Å². The number of anilines is 1. The molecule has 1 atom stereocenters. The van der Waals surface area contributed by atoms with E-state index in [-0.39, 0.29) is 12.0 Å². The van der Waals surface area contributed by atoms with E-state index in [0.29, 0.717) is 12.1 Å². The van der Waals surface area contributed by atoms with E-state index >= 15 is 0 Å². The number of pyridine rings is 1. The Kier molecular flexibility index (Phi) is 6.24. The van der Waals surface area contributed by atoms with Crippen molar-refractivity contribution in [1.82, 2.24) is 10.3 Å². The summed E-state index contributed by atoms with van der Waals surface area (Å²) in [6.07, 6.45) is 14.2. The molecule has 0 radical (unpaired) electrons. The number of hydrogen-bond donors (Lipinski definition) is 2. The Bertz CT molecular complexity index is 580. The van der Waals surface area contributed by atoms with Gasteiger partial charge in [0.25, 0.3) is 5.91 Å². The summed E-state index contributed by atoms with van der Waals surface area (Å²) in [6.45, 7) is 2.26. The molecule has 0 aromatic carbocycles. The summed E-state index contributed by atoms with van der Waals surface area (Å²) >= 11 is 0. The smallest absolute Gasteiger partial charge is 0.253 e. The summed E-state index contributed by atoms with van der Waals surface area (Å²) in [6, 6.07) is 1.87. The highest BCUT2D eigenvalue weighted by Crippen LogP contribution is 2.20. The Morgan fingerprint density at radius 1 is 1.29 bits per heavy atom. The fourth-order valence-electron chi connectivity index (χ4n) is 3.27. The molecular weight excluding hydrogens is 302 g/mol. The summed E-state index contributed by atoms with van der Waals surface area (Å²) in [5.41, 5.74) is 3.04. The van der Waals surface area contributed by atoms with Crippen LogP contribution in [0.4, 0.5) is 5.69 Å². The van der Waals surface area contributed by atoms with Crippen molar-refractivity contribution in [3.8, 4) is 0 Å². The van der Waals surface area contributed by atoms with Gasteiger partial charge in [-0.25, -0.2) is 0 Å². The van der Waals surface area contributed by atoms with E-state index in [1.165, 1.54) is 25.7 Å². The zero-order valence-electron chi connectivity index (χ0n) is 14.2. The molecule has 2 heterocycles. The second-order valence-electron chi connectivity index (χ2n) is 6.59. The quantitative estimate of drug-likeness (QED) is 0.754. The van der Waals surface area contributed by atoms with E-state index in [2.05, 4.69) is 21.7 Å². The molecule has 0 spiro atoms. The fraction of sp³-hybridized carbons (Fsp3) is 0.579. The van der Waals surface area contributed by atoms with Gasteiger partial charge in [-0.15, -0.1) is 0 Å². The van der Waals surface area contributed by atoms with Crippen LogP contribution in [-0.2, 0) is 4.74 Å². The third-order valence-corrected chi connectivity index (χ3v) is 4.67. The normalized spacial score (nSPS) is 20.5. The van der Waals surface area contributed by atoms with Gasteiger partial charge in [-0.3, -0.25) is 9.78 Å². The number of aromatic nitrogens is 1. The van der Waals surface area contributed by atoms with Gasteiger partial charge in [0.2, 0.25) is 0 Å². The topological polar surface area (TPSA) is 63.2 Å². The van der Waals surface area contributed by atoms with E-state index in [1.54, 1.807) is 18.0 Å². The highest BCUT2D eigenvalue weighted by Gasteiger charge is 2.16. The minimum atomic E-state index is -0.0864. The van der Waals surface area contributed by atoms with E-state index in [1.807, 2.05) is 6.07 Å². The molecule has 1 aliphatic heterocycles. The Labute approximate surface area is 143 Å². The lowest BCUT2D eigenvalue weighted by molar-refractivity contribution is 0.0857. The largest absolute Gasteiger partial charge is 0.383 e. The van der Waals surface area contributed by atoms with Crippen molar-refractivity contribution >= 4 is 11.6 Å². The first kappa shape index (κ1) is 17.0. The van der Waals surface area contributed by atoms with Crippen molar-refractivity contribution in [2.75, 3.05) is 25.0 Å². The van der Waals surface area contributed by atoms with Crippen LogP contribution in [0.1, 0.15) is 55.3 Å². The lowest BCUT2D eigenvalue weighted by Crippen LogP contribution is -2.31. The number of hydrogen-bond acceptors (Lipinski definition) is 4.